The quantitative estimate of drug-likeness (QED) is 0.820. The second-order valence-electron chi connectivity index (χ2n) is 5.31. The Morgan fingerprint density at radius 2 is 2.00 bits per heavy atom. The largest absolute Gasteiger partial charge is 0.348 e. The third kappa shape index (κ3) is 2.68. The zero-order chi connectivity index (χ0) is 14.1. The summed E-state index contributed by atoms with van der Waals surface area (Å²) in [6.45, 7) is 4.23. The Bertz CT molecular complexity index is 604. The second-order valence-corrected chi connectivity index (χ2v) is 6.15. The third-order valence-corrected chi connectivity index (χ3v) is 4.65. The molecule has 0 saturated carbocycles. The molecule has 2 nitrogen and oxygen atoms in total. The highest BCUT2D eigenvalue weighted by Crippen LogP contribution is 2.31. The van der Waals surface area contributed by atoms with Gasteiger partial charge in [0.05, 0.1) is 5.69 Å². The molecule has 0 aliphatic carbocycles. The summed E-state index contributed by atoms with van der Waals surface area (Å²) in [5.74, 6) is -0.121. The maximum atomic E-state index is 13.7. The number of benzene rings is 1. The van der Waals surface area contributed by atoms with Crippen molar-refractivity contribution in [1.29, 1.82) is 0 Å². The monoisotopic (exact) mass is 294 g/mol. The van der Waals surface area contributed by atoms with Crippen molar-refractivity contribution in [2.24, 2.45) is 5.92 Å². The van der Waals surface area contributed by atoms with Gasteiger partial charge in [0.25, 0.3) is 0 Å². The Morgan fingerprint density at radius 1 is 1.25 bits per heavy atom. The first-order valence-electron chi connectivity index (χ1n) is 6.79. The number of halogens is 2. The van der Waals surface area contributed by atoms with E-state index in [4.69, 9.17) is 0 Å². The van der Waals surface area contributed by atoms with E-state index in [9.17, 15) is 8.78 Å². The first-order valence-corrected chi connectivity index (χ1v) is 7.67. The summed E-state index contributed by atoms with van der Waals surface area (Å²) >= 11 is 1.49. The van der Waals surface area contributed by atoms with E-state index in [1.807, 2.05) is 0 Å². The van der Waals surface area contributed by atoms with Gasteiger partial charge in [0.2, 0.25) is 0 Å². The fraction of sp³-hybridized carbons (Fsp3) is 0.400. The molecule has 0 amide bonds. The highest BCUT2D eigenvalue weighted by molar-refractivity contribution is 7.14. The molecule has 2 heterocycles. The Hall–Kier alpha value is -1.49. The highest BCUT2D eigenvalue weighted by Gasteiger charge is 2.19. The van der Waals surface area contributed by atoms with Crippen molar-refractivity contribution in [3.05, 3.63) is 35.2 Å². The molecule has 106 valence electrons. The maximum absolute atomic E-state index is 13.7. The number of anilines is 1. The first-order chi connectivity index (χ1) is 9.63. The van der Waals surface area contributed by atoms with Gasteiger partial charge in [0.15, 0.2) is 5.13 Å². The van der Waals surface area contributed by atoms with Crippen LogP contribution in [0.25, 0.3) is 11.3 Å². The Morgan fingerprint density at radius 3 is 2.75 bits per heavy atom. The van der Waals surface area contributed by atoms with Crippen LogP contribution in [0.5, 0.6) is 0 Å². The fourth-order valence-corrected chi connectivity index (χ4v) is 3.31. The second kappa shape index (κ2) is 5.48. The summed E-state index contributed by atoms with van der Waals surface area (Å²) < 4.78 is 27.0. The van der Waals surface area contributed by atoms with Crippen molar-refractivity contribution in [3.63, 3.8) is 0 Å². The van der Waals surface area contributed by atoms with Crippen molar-refractivity contribution in [2.75, 3.05) is 18.0 Å². The van der Waals surface area contributed by atoms with Gasteiger partial charge in [-0.2, -0.15) is 0 Å². The summed E-state index contributed by atoms with van der Waals surface area (Å²) in [7, 11) is 0. The molecule has 0 radical (unpaired) electrons. The number of rotatable bonds is 2. The van der Waals surface area contributed by atoms with Gasteiger partial charge in [-0.15, -0.1) is 11.3 Å². The number of hydrogen-bond donors (Lipinski definition) is 0. The molecule has 0 N–H and O–H groups in total. The maximum Gasteiger partial charge on any atom is 0.185 e. The molecule has 5 heteroatoms. The molecule has 0 atom stereocenters. The molecule has 1 aromatic carbocycles. The predicted molar refractivity (Wildman–Crippen MR) is 78.1 cm³/mol. The molecule has 3 rings (SSSR count). The minimum absolute atomic E-state index is 0.234. The normalized spacial score (nSPS) is 16.6. The van der Waals surface area contributed by atoms with Gasteiger partial charge in [-0.25, -0.2) is 13.8 Å². The third-order valence-electron chi connectivity index (χ3n) is 3.75. The lowest BCUT2D eigenvalue weighted by Gasteiger charge is -2.29. The summed E-state index contributed by atoms with van der Waals surface area (Å²) in [5, 5.41) is 2.70. The lowest BCUT2D eigenvalue weighted by Crippen LogP contribution is -2.32. The van der Waals surface area contributed by atoms with E-state index in [2.05, 4.69) is 16.8 Å². The molecule has 1 aromatic heterocycles. The van der Waals surface area contributed by atoms with Gasteiger partial charge in [0, 0.05) is 24.0 Å². The van der Waals surface area contributed by atoms with Crippen molar-refractivity contribution in [3.8, 4) is 11.3 Å². The summed E-state index contributed by atoms with van der Waals surface area (Å²) in [4.78, 5) is 6.70. The van der Waals surface area contributed by atoms with Crippen LogP contribution in [0.2, 0.25) is 0 Å². The number of aromatic nitrogens is 1. The SMILES string of the molecule is CC1CCN(c2nc(-c3cc(F)ccc3F)cs2)CC1. The van der Waals surface area contributed by atoms with Crippen molar-refractivity contribution >= 4 is 16.5 Å². The molecule has 1 aliphatic rings. The number of thiazole rings is 1. The van der Waals surface area contributed by atoms with E-state index in [-0.39, 0.29) is 5.56 Å². The van der Waals surface area contributed by atoms with E-state index in [1.54, 1.807) is 5.38 Å². The van der Waals surface area contributed by atoms with E-state index < -0.39 is 11.6 Å². The van der Waals surface area contributed by atoms with Gasteiger partial charge < -0.3 is 4.90 Å². The Labute approximate surface area is 121 Å². The van der Waals surface area contributed by atoms with E-state index >= 15 is 0 Å². The van der Waals surface area contributed by atoms with Gasteiger partial charge >= 0.3 is 0 Å². The van der Waals surface area contributed by atoms with Crippen LogP contribution in [0, 0.1) is 17.6 Å². The van der Waals surface area contributed by atoms with Crippen LogP contribution < -0.4 is 4.90 Å². The number of hydrogen-bond acceptors (Lipinski definition) is 3. The minimum Gasteiger partial charge on any atom is -0.348 e. The van der Waals surface area contributed by atoms with Crippen LogP contribution in [-0.2, 0) is 0 Å². The number of nitrogens with zero attached hydrogens (tertiary/aromatic N) is 2. The average Bonchev–Trinajstić information content (AvgIpc) is 2.92. The smallest absolute Gasteiger partial charge is 0.185 e. The molecule has 0 bridgehead atoms. The Kier molecular flexibility index (Phi) is 3.70. The molecule has 2 aromatic rings. The lowest BCUT2D eigenvalue weighted by atomic mass is 10.00. The van der Waals surface area contributed by atoms with Crippen LogP contribution >= 0.6 is 11.3 Å². The van der Waals surface area contributed by atoms with Crippen molar-refractivity contribution in [2.45, 2.75) is 19.8 Å². The molecule has 0 spiro atoms. The fourth-order valence-electron chi connectivity index (χ4n) is 2.43. The zero-order valence-corrected chi connectivity index (χ0v) is 12.1. The van der Waals surface area contributed by atoms with Crippen molar-refractivity contribution < 1.29 is 8.78 Å². The van der Waals surface area contributed by atoms with Gasteiger partial charge in [-0.1, -0.05) is 6.92 Å². The van der Waals surface area contributed by atoms with Crippen LogP contribution in [0.4, 0.5) is 13.9 Å². The van der Waals surface area contributed by atoms with Crippen LogP contribution in [0.15, 0.2) is 23.6 Å². The lowest BCUT2D eigenvalue weighted by molar-refractivity contribution is 0.438. The topological polar surface area (TPSA) is 16.1 Å². The van der Waals surface area contributed by atoms with E-state index in [0.29, 0.717) is 5.69 Å². The minimum atomic E-state index is -0.442. The van der Waals surface area contributed by atoms with Crippen LogP contribution in [0.1, 0.15) is 19.8 Å². The summed E-state index contributed by atoms with van der Waals surface area (Å²) in [6.07, 6.45) is 2.31. The molecule has 1 aliphatic heterocycles. The van der Waals surface area contributed by atoms with Gasteiger partial charge in [-0.05, 0) is 37.0 Å². The van der Waals surface area contributed by atoms with Gasteiger partial charge in [0.1, 0.15) is 11.6 Å². The van der Waals surface area contributed by atoms with E-state index in [0.717, 1.165) is 49.1 Å². The molecule has 1 fully saturated rings. The number of piperidine rings is 1. The van der Waals surface area contributed by atoms with Crippen LogP contribution in [0.3, 0.4) is 0 Å². The average molecular weight is 294 g/mol. The highest BCUT2D eigenvalue weighted by atomic mass is 32.1. The molecule has 1 saturated heterocycles. The zero-order valence-electron chi connectivity index (χ0n) is 11.3. The van der Waals surface area contributed by atoms with Gasteiger partial charge in [-0.3, -0.25) is 0 Å². The molecular weight excluding hydrogens is 278 g/mol. The molecular formula is C15H16F2N2S. The molecule has 20 heavy (non-hydrogen) atoms. The predicted octanol–water partition coefficient (Wildman–Crippen LogP) is 4.32. The molecule has 0 unspecified atom stereocenters. The first kappa shape index (κ1) is 13.5. The van der Waals surface area contributed by atoms with Crippen molar-refractivity contribution in [1.82, 2.24) is 4.98 Å². The summed E-state index contributed by atoms with van der Waals surface area (Å²) in [6, 6.07) is 3.47. The summed E-state index contributed by atoms with van der Waals surface area (Å²) in [5.41, 5.74) is 0.749. The van der Waals surface area contributed by atoms with E-state index in [1.165, 1.54) is 17.4 Å². The van der Waals surface area contributed by atoms with Crippen LogP contribution in [-0.4, -0.2) is 18.1 Å². The Balaban J connectivity index is 1.85. The standard InChI is InChI=1S/C15H16F2N2S/c1-10-4-6-19(7-5-10)15-18-14(9-20-15)12-8-11(16)2-3-13(12)17/h2-3,8-10H,4-7H2,1H3.